The van der Waals surface area contributed by atoms with E-state index in [4.69, 9.17) is 5.14 Å². The summed E-state index contributed by atoms with van der Waals surface area (Å²) < 4.78 is 36.4. The Bertz CT molecular complexity index is 658. The molecule has 5 nitrogen and oxygen atoms in total. The zero-order valence-electron chi connectivity index (χ0n) is 11.2. The van der Waals surface area contributed by atoms with Crippen LogP contribution in [0.15, 0.2) is 21.5 Å². The van der Waals surface area contributed by atoms with Gasteiger partial charge in [0.2, 0.25) is 10.0 Å². The van der Waals surface area contributed by atoms with Crippen molar-refractivity contribution in [2.45, 2.75) is 30.6 Å². The van der Waals surface area contributed by atoms with E-state index in [1.807, 2.05) is 0 Å². The molecule has 0 unspecified atom stereocenters. The Morgan fingerprint density at radius 1 is 1.38 bits per heavy atom. The molecule has 0 heterocycles. The molecule has 0 atom stereocenters. The minimum atomic E-state index is -4.21. The third kappa shape index (κ3) is 4.02. The van der Waals surface area contributed by atoms with Gasteiger partial charge in [-0.2, -0.15) is 0 Å². The summed E-state index contributed by atoms with van der Waals surface area (Å²) in [6.07, 6.45) is 4.48. The van der Waals surface area contributed by atoms with Crippen molar-refractivity contribution in [1.29, 1.82) is 0 Å². The summed E-state index contributed by atoms with van der Waals surface area (Å²) in [5, 5.41) is 7.69. The molecule has 1 fully saturated rings. The van der Waals surface area contributed by atoms with E-state index in [0.29, 0.717) is 12.5 Å². The number of amides is 1. The predicted molar refractivity (Wildman–Crippen MR) is 79.8 cm³/mol. The highest BCUT2D eigenvalue weighted by Crippen LogP contribution is 2.25. The summed E-state index contributed by atoms with van der Waals surface area (Å²) in [6, 6.07) is 1.89. The van der Waals surface area contributed by atoms with E-state index in [2.05, 4.69) is 21.2 Å². The molecule has 1 aliphatic carbocycles. The number of hydrogen-bond donors (Lipinski definition) is 2. The second kappa shape index (κ2) is 6.41. The van der Waals surface area contributed by atoms with Crippen LogP contribution in [0.3, 0.4) is 0 Å². The van der Waals surface area contributed by atoms with Crippen molar-refractivity contribution >= 4 is 31.9 Å². The zero-order chi connectivity index (χ0) is 15.6. The van der Waals surface area contributed by atoms with Gasteiger partial charge in [0.05, 0.1) is 5.56 Å². The highest BCUT2D eigenvalue weighted by molar-refractivity contribution is 9.10. The molecule has 0 bridgehead atoms. The Kier molecular flexibility index (Phi) is 5.00. The summed E-state index contributed by atoms with van der Waals surface area (Å²) in [5.74, 6) is -0.985. The third-order valence-corrected chi connectivity index (χ3v) is 5.18. The van der Waals surface area contributed by atoms with Gasteiger partial charge in [0.15, 0.2) is 0 Å². The molecule has 21 heavy (non-hydrogen) atoms. The fourth-order valence-electron chi connectivity index (χ4n) is 2.47. The molecule has 1 saturated carbocycles. The Morgan fingerprint density at radius 3 is 2.57 bits per heavy atom. The monoisotopic (exact) mass is 378 g/mol. The number of carbonyl (C=O) groups excluding carboxylic acids is 1. The van der Waals surface area contributed by atoms with Crippen molar-refractivity contribution < 1.29 is 17.6 Å². The minimum Gasteiger partial charge on any atom is -0.352 e. The van der Waals surface area contributed by atoms with Crippen LogP contribution in [-0.4, -0.2) is 20.9 Å². The van der Waals surface area contributed by atoms with E-state index in [9.17, 15) is 17.6 Å². The number of carbonyl (C=O) groups is 1. The first kappa shape index (κ1) is 16.4. The van der Waals surface area contributed by atoms with E-state index in [1.54, 1.807) is 0 Å². The van der Waals surface area contributed by atoms with Crippen LogP contribution in [0.5, 0.6) is 0 Å². The van der Waals surface area contributed by atoms with E-state index < -0.39 is 26.6 Å². The van der Waals surface area contributed by atoms with Crippen LogP contribution in [0.2, 0.25) is 0 Å². The number of benzene rings is 1. The first-order valence-electron chi connectivity index (χ1n) is 6.59. The molecule has 1 aliphatic rings. The zero-order valence-corrected chi connectivity index (χ0v) is 13.6. The van der Waals surface area contributed by atoms with E-state index in [0.717, 1.165) is 37.8 Å². The van der Waals surface area contributed by atoms with Gasteiger partial charge in [-0.05, 0) is 46.8 Å². The average Bonchev–Trinajstić information content (AvgIpc) is 2.87. The normalized spacial score (nSPS) is 16.1. The van der Waals surface area contributed by atoms with Crippen LogP contribution in [0, 0.1) is 11.7 Å². The summed E-state index contributed by atoms with van der Waals surface area (Å²) in [4.78, 5) is 11.4. The SMILES string of the molecule is NS(=O)(=O)c1cc(C(=O)NCC2CCCC2)c(Br)cc1F. The highest BCUT2D eigenvalue weighted by atomic mass is 79.9. The second-order valence-corrected chi connectivity index (χ2v) is 7.55. The molecule has 1 amide bonds. The lowest BCUT2D eigenvalue weighted by Gasteiger charge is -2.12. The van der Waals surface area contributed by atoms with E-state index in [1.165, 1.54) is 0 Å². The quantitative estimate of drug-likeness (QED) is 0.840. The number of primary sulfonamides is 1. The lowest BCUT2D eigenvalue weighted by atomic mass is 10.1. The smallest absolute Gasteiger partial charge is 0.252 e. The first-order valence-corrected chi connectivity index (χ1v) is 8.93. The van der Waals surface area contributed by atoms with Crippen LogP contribution >= 0.6 is 15.9 Å². The molecule has 116 valence electrons. The lowest BCUT2D eigenvalue weighted by molar-refractivity contribution is 0.0946. The number of hydrogen-bond acceptors (Lipinski definition) is 3. The second-order valence-electron chi connectivity index (χ2n) is 5.17. The molecule has 0 aliphatic heterocycles. The summed E-state index contributed by atoms with van der Waals surface area (Å²) in [7, 11) is -4.21. The van der Waals surface area contributed by atoms with Crippen molar-refractivity contribution in [2.24, 2.45) is 11.1 Å². The third-order valence-electron chi connectivity index (χ3n) is 3.60. The summed E-state index contributed by atoms with van der Waals surface area (Å²) >= 11 is 3.07. The van der Waals surface area contributed by atoms with Gasteiger partial charge in [-0.1, -0.05) is 12.8 Å². The topological polar surface area (TPSA) is 89.3 Å². The summed E-state index contributed by atoms with van der Waals surface area (Å²) in [5.41, 5.74) is 0.0541. The fourth-order valence-corrected chi connectivity index (χ4v) is 3.58. The van der Waals surface area contributed by atoms with Gasteiger partial charge in [0, 0.05) is 11.0 Å². The molecule has 0 aromatic heterocycles. The number of nitrogens with one attached hydrogen (secondary N) is 1. The standard InChI is InChI=1S/C13H16BrFN2O3S/c14-10-6-11(15)12(21(16,19)20)5-9(10)13(18)17-7-8-3-1-2-4-8/h5-6,8H,1-4,7H2,(H,17,18)(H2,16,19,20). The van der Waals surface area contributed by atoms with Crippen molar-refractivity contribution in [3.05, 3.63) is 28.0 Å². The maximum Gasteiger partial charge on any atom is 0.252 e. The van der Waals surface area contributed by atoms with Gasteiger partial charge in [-0.25, -0.2) is 17.9 Å². The van der Waals surface area contributed by atoms with Crippen LogP contribution in [-0.2, 0) is 10.0 Å². The molecule has 1 aromatic carbocycles. The van der Waals surface area contributed by atoms with Crippen LogP contribution in [0.1, 0.15) is 36.0 Å². The largest absolute Gasteiger partial charge is 0.352 e. The molecule has 0 radical (unpaired) electrons. The predicted octanol–water partition coefficient (Wildman–Crippen LogP) is 2.16. The van der Waals surface area contributed by atoms with Gasteiger partial charge in [-0.15, -0.1) is 0 Å². The maximum atomic E-state index is 13.6. The van der Waals surface area contributed by atoms with E-state index in [-0.39, 0.29) is 10.0 Å². The molecule has 3 N–H and O–H groups in total. The van der Waals surface area contributed by atoms with Crippen molar-refractivity contribution in [2.75, 3.05) is 6.54 Å². The maximum absolute atomic E-state index is 13.6. The van der Waals surface area contributed by atoms with Crippen molar-refractivity contribution in [3.8, 4) is 0 Å². The molecular formula is C13H16BrFN2O3S. The minimum absolute atomic E-state index is 0.0541. The van der Waals surface area contributed by atoms with Gasteiger partial charge in [-0.3, -0.25) is 4.79 Å². The molecule has 0 spiro atoms. The summed E-state index contributed by atoms with van der Waals surface area (Å²) in [6.45, 7) is 0.535. The number of rotatable bonds is 4. The Balaban J connectivity index is 2.20. The van der Waals surface area contributed by atoms with E-state index >= 15 is 0 Å². The van der Waals surface area contributed by atoms with Gasteiger partial charge < -0.3 is 5.32 Å². The Hall–Kier alpha value is -0.990. The van der Waals surface area contributed by atoms with Crippen LogP contribution < -0.4 is 10.5 Å². The van der Waals surface area contributed by atoms with Crippen LogP contribution in [0.25, 0.3) is 0 Å². The Labute approximate surface area is 131 Å². The number of halogens is 2. The van der Waals surface area contributed by atoms with Gasteiger partial charge >= 0.3 is 0 Å². The average molecular weight is 379 g/mol. The molecule has 0 saturated heterocycles. The van der Waals surface area contributed by atoms with Crippen LogP contribution in [0.4, 0.5) is 4.39 Å². The molecule has 8 heteroatoms. The number of sulfonamides is 1. The highest BCUT2D eigenvalue weighted by Gasteiger charge is 2.22. The first-order chi connectivity index (χ1) is 9.79. The molecular weight excluding hydrogens is 363 g/mol. The Morgan fingerprint density at radius 2 is 2.00 bits per heavy atom. The number of nitrogens with two attached hydrogens (primary N) is 1. The van der Waals surface area contributed by atoms with Gasteiger partial charge in [0.25, 0.3) is 5.91 Å². The molecule has 1 aromatic rings. The van der Waals surface area contributed by atoms with Gasteiger partial charge in [0.1, 0.15) is 10.7 Å². The van der Waals surface area contributed by atoms with Crippen molar-refractivity contribution in [3.63, 3.8) is 0 Å². The fraction of sp³-hybridized carbons (Fsp3) is 0.462. The molecule has 2 rings (SSSR count). The van der Waals surface area contributed by atoms with Crippen molar-refractivity contribution in [1.82, 2.24) is 5.32 Å². The lowest BCUT2D eigenvalue weighted by Crippen LogP contribution is -2.29.